The van der Waals surface area contributed by atoms with Gasteiger partial charge >= 0.3 is 0 Å². The second kappa shape index (κ2) is 9.36. The van der Waals surface area contributed by atoms with E-state index in [0.717, 1.165) is 31.5 Å². The number of halogens is 1. The molecule has 2 N–H and O–H groups in total. The van der Waals surface area contributed by atoms with Crippen LogP contribution in [0.2, 0.25) is 5.02 Å². The van der Waals surface area contributed by atoms with Gasteiger partial charge in [-0.25, -0.2) is 0 Å². The van der Waals surface area contributed by atoms with Crippen LogP contribution in [0.15, 0.2) is 54.7 Å². The molecule has 1 fully saturated rings. The Balaban J connectivity index is 1.46. The van der Waals surface area contributed by atoms with Crippen LogP contribution in [0.4, 0.5) is 5.69 Å². The number of likely N-dealkylation sites (tertiary alicyclic amines) is 1. The number of nitrogens with one attached hydrogen (secondary N) is 2. The van der Waals surface area contributed by atoms with Crippen molar-refractivity contribution in [1.82, 2.24) is 14.7 Å². The molecule has 0 bridgehead atoms. The first kappa shape index (κ1) is 21.8. The highest BCUT2D eigenvalue weighted by Gasteiger charge is 2.21. The molecule has 1 aromatic heterocycles. The number of Topliss-reactive ketones (excluding diaryl/α,β-unsaturated/α-hetero) is 1. The van der Waals surface area contributed by atoms with Crippen molar-refractivity contribution in [2.45, 2.75) is 19.3 Å². The summed E-state index contributed by atoms with van der Waals surface area (Å²) in [5, 5.41) is 15.9. The molecule has 0 saturated carbocycles. The largest absolute Gasteiger partial charge is 0.357 e. The summed E-state index contributed by atoms with van der Waals surface area (Å²) in [6.07, 6.45) is 3.73. The smallest absolute Gasteiger partial charge is 0.259 e. The average molecular weight is 450 g/mol. The maximum Gasteiger partial charge on any atom is 0.259 e. The van der Waals surface area contributed by atoms with Crippen LogP contribution >= 0.6 is 11.6 Å². The van der Waals surface area contributed by atoms with Crippen molar-refractivity contribution < 1.29 is 9.59 Å². The number of carbonyl (C=O) groups excluding carboxylic acids is 2. The Bertz CT molecular complexity index is 1150. The van der Waals surface area contributed by atoms with Gasteiger partial charge in [0.2, 0.25) is 0 Å². The van der Waals surface area contributed by atoms with Crippen LogP contribution in [-0.4, -0.2) is 45.3 Å². The first-order valence-corrected chi connectivity index (χ1v) is 10.8. The summed E-state index contributed by atoms with van der Waals surface area (Å²) in [6.45, 7) is 1.81. The van der Waals surface area contributed by atoms with Crippen LogP contribution in [0.25, 0.3) is 0 Å². The molecule has 2 heterocycles. The van der Waals surface area contributed by atoms with E-state index in [9.17, 15) is 9.59 Å². The molecule has 1 amide bonds. The zero-order valence-electron chi connectivity index (χ0n) is 17.8. The predicted octanol–water partition coefficient (Wildman–Crippen LogP) is 4.17. The molecule has 1 aliphatic rings. The lowest BCUT2D eigenvalue weighted by Crippen LogP contribution is -2.27. The van der Waals surface area contributed by atoms with Gasteiger partial charge in [-0.05, 0) is 37.1 Å². The van der Waals surface area contributed by atoms with Gasteiger partial charge < -0.3 is 10.2 Å². The molecule has 0 unspecified atom stereocenters. The molecular formula is C24H24ClN5O2. The van der Waals surface area contributed by atoms with Gasteiger partial charge in [-0.15, -0.1) is 0 Å². The summed E-state index contributed by atoms with van der Waals surface area (Å²) >= 11 is 5.89. The molecule has 164 valence electrons. The van der Waals surface area contributed by atoms with Gasteiger partial charge in [-0.1, -0.05) is 35.9 Å². The normalized spacial score (nSPS) is 13.2. The summed E-state index contributed by atoms with van der Waals surface area (Å²) in [7, 11) is 1.71. The minimum atomic E-state index is -0.336. The van der Waals surface area contributed by atoms with Crippen LogP contribution in [-0.2, 0) is 13.5 Å². The Hall–Kier alpha value is -3.45. The maximum absolute atomic E-state index is 12.9. The van der Waals surface area contributed by atoms with Gasteiger partial charge in [0.05, 0.1) is 23.9 Å². The van der Waals surface area contributed by atoms with Crippen LogP contribution in [0.5, 0.6) is 0 Å². The molecule has 2 aromatic carbocycles. The van der Waals surface area contributed by atoms with Crippen LogP contribution in [0.1, 0.15) is 44.8 Å². The molecule has 0 spiro atoms. The van der Waals surface area contributed by atoms with Crippen LogP contribution in [0, 0.1) is 5.41 Å². The maximum atomic E-state index is 12.9. The quantitative estimate of drug-likeness (QED) is 0.335. The summed E-state index contributed by atoms with van der Waals surface area (Å²) < 4.78 is 1.55. The van der Waals surface area contributed by atoms with Gasteiger partial charge in [0.15, 0.2) is 5.78 Å². The average Bonchev–Trinajstić information content (AvgIpc) is 3.46. The van der Waals surface area contributed by atoms with E-state index in [1.54, 1.807) is 48.1 Å². The fraction of sp³-hybridized carbons (Fsp3) is 0.250. The lowest BCUT2D eigenvalue weighted by atomic mass is 10.0. The third kappa shape index (κ3) is 4.73. The number of ketones is 1. The Kier molecular flexibility index (Phi) is 6.37. The second-order valence-corrected chi connectivity index (χ2v) is 8.25. The number of hydrogen-bond donors (Lipinski definition) is 2. The van der Waals surface area contributed by atoms with E-state index in [0.29, 0.717) is 33.4 Å². The molecular weight excluding hydrogens is 426 g/mol. The summed E-state index contributed by atoms with van der Waals surface area (Å²) in [6, 6.07) is 13.9. The highest BCUT2D eigenvalue weighted by Crippen LogP contribution is 2.18. The third-order valence-corrected chi connectivity index (χ3v) is 5.89. The Labute approximate surface area is 191 Å². The van der Waals surface area contributed by atoms with Crippen molar-refractivity contribution in [3.8, 4) is 0 Å². The van der Waals surface area contributed by atoms with Gasteiger partial charge in [-0.2, -0.15) is 5.10 Å². The summed E-state index contributed by atoms with van der Waals surface area (Å²) in [4.78, 5) is 27.7. The number of nitrogens with zero attached hydrogens (tertiary/aromatic N) is 3. The highest BCUT2D eigenvalue weighted by atomic mass is 35.5. The Morgan fingerprint density at radius 3 is 2.31 bits per heavy atom. The number of hydrogen-bond acceptors (Lipinski definition) is 4. The van der Waals surface area contributed by atoms with E-state index in [2.05, 4.69) is 15.3 Å². The number of amidine groups is 1. The van der Waals surface area contributed by atoms with E-state index < -0.39 is 0 Å². The molecule has 32 heavy (non-hydrogen) atoms. The molecule has 3 aromatic rings. The lowest BCUT2D eigenvalue weighted by Gasteiger charge is -2.18. The van der Waals surface area contributed by atoms with Crippen molar-refractivity contribution >= 4 is 34.8 Å². The Morgan fingerprint density at radius 2 is 1.66 bits per heavy atom. The van der Waals surface area contributed by atoms with Crippen molar-refractivity contribution in [1.29, 1.82) is 5.41 Å². The van der Waals surface area contributed by atoms with Gasteiger partial charge in [-0.3, -0.25) is 19.7 Å². The monoisotopic (exact) mass is 449 g/mol. The number of amides is 1. The minimum Gasteiger partial charge on any atom is -0.357 e. The first-order chi connectivity index (χ1) is 15.4. The Morgan fingerprint density at radius 1 is 1.03 bits per heavy atom. The van der Waals surface area contributed by atoms with Gasteiger partial charge in [0.25, 0.3) is 5.91 Å². The fourth-order valence-electron chi connectivity index (χ4n) is 3.79. The van der Waals surface area contributed by atoms with Gasteiger partial charge in [0.1, 0.15) is 5.84 Å². The number of rotatable bonds is 6. The molecule has 8 heteroatoms. The number of carbonyl (C=O) groups is 2. The van der Waals surface area contributed by atoms with Gasteiger partial charge in [0, 0.05) is 42.0 Å². The molecule has 1 aliphatic heterocycles. The number of benzene rings is 2. The second-order valence-electron chi connectivity index (χ2n) is 7.81. The molecule has 4 rings (SSSR count). The van der Waals surface area contributed by atoms with E-state index >= 15 is 0 Å². The molecule has 1 saturated heterocycles. The van der Waals surface area contributed by atoms with Crippen molar-refractivity contribution in [3.63, 3.8) is 0 Å². The number of aryl methyl sites for hydroxylation is 1. The SMILES string of the molecule is Cn1ncc(C(=O)Nc2ccc(Cl)cc2)c1CC(=O)c1ccc(C(=N)N2CCCC2)cc1. The summed E-state index contributed by atoms with van der Waals surface area (Å²) in [5.41, 5.74) is 2.83. The van der Waals surface area contributed by atoms with E-state index in [-0.39, 0.29) is 18.1 Å². The fourth-order valence-corrected chi connectivity index (χ4v) is 3.91. The van der Waals surface area contributed by atoms with Crippen LogP contribution < -0.4 is 5.32 Å². The summed E-state index contributed by atoms with van der Waals surface area (Å²) in [5.74, 6) is 0.0420. The van der Waals surface area contributed by atoms with E-state index in [1.165, 1.54) is 6.20 Å². The van der Waals surface area contributed by atoms with E-state index in [1.807, 2.05) is 12.1 Å². The van der Waals surface area contributed by atoms with Crippen LogP contribution in [0.3, 0.4) is 0 Å². The zero-order chi connectivity index (χ0) is 22.7. The standard InChI is InChI=1S/C24H24ClN5O2/c1-29-21(20(15-27-29)24(32)28-19-10-8-18(25)9-11-19)14-22(31)16-4-6-17(7-5-16)23(26)30-12-2-3-13-30/h4-11,15,26H,2-3,12-14H2,1H3,(H,28,32). The number of aromatic nitrogens is 2. The van der Waals surface area contributed by atoms with E-state index in [4.69, 9.17) is 17.0 Å². The van der Waals surface area contributed by atoms with Crippen molar-refractivity contribution in [3.05, 3.63) is 82.1 Å². The number of anilines is 1. The zero-order valence-corrected chi connectivity index (χ0v) is 18.5. The highest BCUT2D eigenvalue weighted by molar-refractivity contribution is 6.30. The minimum absolute atomic E-state index is 0.0444. The van der Waals surface area contributed by atoms with Crippen molar-refractivity contribution in [2.75, 3.05) is 18.4 Å². The molecule has 0 atom stereocenters. The van der Waals surface area contributed by atoms with Crippen molar-refractivity contribution in [2.24, 2.45) is 7.05 Å². The topological polar surface area (TPSA) is 91.1 Å². The predicted molar refractivity (Wildman–Crippen MR) is 125 cm³/mol. The third-order valence-electron chi connectivity index (χ3n) is 5.64. The molecule has 0 aliphatic carbocycles. The lowest BCUT2D eigenvalue weighted by molar-refractivity contribution is 0.0990. The molecule has 0 radical (unpaired) electrons. The first-order valence-electron chi connectivity index (χ1n) is 10.5. The molecule has 7 nitrogen and oxygen atoms in total.